The summed E-state index contributed by atoms with van der Waals surface area (Å²) in [6.45, 7) is 2.43. The summed E-state index contributed by atoms with van der Waals surface area (Å²) in [5.41, 5.74) is 2.98. The quantitative estimate of drug-likeness (QED) is 0.291. The van der Waals surface area contributed by atoms with Gasteiger partial charge in [-0.15, -0.1) is 0 Å². The van der Waals surface area contributed by atoms with E-state index in [1.807, 2.05) is 43.3 Å². The van der Waals surface area contributed by atoms with Gasteiger partial charge in [-0.25, -0.2) is 9.07 Å². The fourth-order valence-electron chi connectivity index (χ4n) is 3.34. The molecule has 3 aromatic carbocycles. The van der Waals surface area contributed by atoms with Crippen LogP contribution >= 0.6 is 0 Å². The lowest BCUT2D eigenvalue weighted by molar-refractivity contribution is -0.112. The molecular weight excluding hydrogens is 431 g/mol. The first-order chi connectivity index (χ1) is 16.6. The largest absolute Gasteiger partial charge is 0.494 e. The minimum atomic E-state index is -0.552. The second kappa shape index (κ2) is 10.3. The third-order valence-electron chi connectivity index (χ3n) is 4.97. The van der Waals surface area contributed by atoms with Gasteiger partial charge in [0.1, 0.15) is 23.2 Å². The average molecular weight is 452 g/mol. The van der Waals surface area contributed by atoms with Crippen molar-refractivity contribution in [1.29, 1.82) is 5.26 Å². The van der Waals surface area contributed by atoms with Crippen LogP contribution in [0.15, 0.2) is 90.6 Å². The Morgan fingerprint density at radius 2 is 1.79 bits per heavy atom. The van der Waals surface area contributed by atoms with E-state index in [1.54, 1.807) is 47.3 Å². The van der Waals surface area contributed by atoms with E-state index in [0.717, 1.165) is 5.69 Å². The Balaban J connectivity index is 1.68. The van der Waals surface area contributed by atoms with E-state index in [0.29, 0.717) is 34.9 Å². The number of nitrogens with zero attached hydrogens (tertiary/aromatic N) is 3. The van der Waals surface area contributed by atoms with Gasteiger partial charge in [-0.3, -0.25) is 4.79 Å². The zero-order valence-corrected chi connectivity index (χ0v) is 18.4. The van der Waals surface area contributed by atoms with E-state index < -0.39 is 5.91 Å². The molecule has 1 aromatic heterocycles. The van der Waals surface area contributed by atoms with Crippen molar-refractivity contribution in [3.8, 4) is 28.8 Å². The molecule has 1 N–H and O–H groups in total. The molecule has 0 saturated heterocycles. The van der Waals surface area contributed by atoms with Crippen molar-refractivity contribution >= 4 is 17.7 Å². The fourth-order valence-corrected chi connectivity index (χ4v) is 3.34. The van der Waals surface area contributed by atoms with Crippen LogP contribution in [0, 0.1) is 17.1 Å². The van der Waals surface area contributed by atoms with E-state index in [4.69, 9.17) is 4.74 Å². The second-order valence-electron chi connectivity index (χ2n) is 7.30. The number of nitrogens with one attached hydrogen (secondary N) is 1. The first-order valence-electron chi connectivity index (χ1n) is 10.6. The van der Waals surface area contributed by atoms with Gasteiger partial charge >= 0.3 is 0 Å². The molecule has 0 saturated carbocycles. The fraction of sp³-hybridized carbons (Fsp3) is 0.0741. The monoisotopic (exact) mass is 452 g/mol. The van der Waals surface area contributed by atoms with Crippen LogP contribution in [0.4, 0.5) is 10.1 Å². The maximum absolute atomic E-state index is 13.5. The highest BCUT2D eigenvalue weighted by Crippen LogP contribution is 2.26. The van der Waals surface area contributed by atoms with Gasteiger partial charge in [0.15, 0.2) is 0 Å². The number of rotatable bonds is 7. The highest BCUT2D eigenvalue weighted by molar-refractivity contribution is 6.10. The molecule has 1 heterocycles. The van der Waals surface area contributed by atoms with E-state index in [2.05, 4.69) is 10.4 Å². The summed E-state index contributed by atoms with van der Waals surface area (Å²) in [4.78, 5) is 12.8. The van der Waals surface area contributed by atoms with Crippen LogP contribution in [0.25, 0.3) is 23.0 Å². The lowest BCUT2D eigenvalue weighted by Crippen LogP contribution is -2.13. The highest BCUT2D eigenvalue weighted by atomic mass is 19.1. The molecule has 0 spiro atoms. The number of halogens is 1. The number of hydrogen-bond donors (Lipinski definition) is 1. The minimum absolute atomic E-state index is 0.0927. The summed E-state index contributed by atoms with van der Waals surface area (Å²) in [5.74, 6) is -0.228. The average Bonchev–Trinajstić information content (AvgIpc) is 3.29. The third-order valence-corrected chi connectivity index (χ3v) is 4.97. The Morgan fingerprint density at radius 3 is 2.44 bits per heavy atom. The molecule has 168 valence electrons. The summed E-state index contributed by atoms with van der Waals surface area (Å²) < 4.78 is 20.5. The number of ether oxygens (including phenoxy) is 1. The van der Waals surface area contributed by atoms with Gasteiger partial charge in [0.2, 0.25) is 0 Å². The summed E-state index contributed by atoms with van der Waals surface area (Å²) in [6.07, 6.45) is 3.21. The number of nitriles is 1. The van der Waals surface area contributed by atoms with Crippen molar-refractivity contribution < 1.29 is 13.9 Å². The van der Waals surface area contributed by atoms with Crippen LogP contribution in [0.5, 0.6) is 5.75 Å². The standard InChI is InChI=1S/C27H21FN4O2/c1-2-34-25-14-12-23(13-15-25)30-27(33)20(17-29)16-21-18-32(24-6-4-3-5-7-24)31-26(21)19-8-10-22(28)11-9-19/h3-16,18H,2H2,1H3,(H,30,33)/b20-16+. The lowest BCUT2D eigenvalue weighted by atomic mass is 10.1. The van der Waals surface area contributed by atoms with Crippen molar-refractivity contribution in [2.24, 2.45) is 0 Å². The molecule has 7 heteroatoms. The Labute approximate surface area is 196 Å². The third kappa shape index (κ3) is 5.19. The number of hydrogen-bond acceptors (Lipinski definition) is 4. The van der Waals surface area contributed by atoms with Gasteiger partial charge in [0.25, 0.3) is 5.91 Å². The normalized spacial score (nSPS) is 11.0. The number of carbonyl (C=O) groups excluding carboxylic acids is 1. The summed E-state index contributed by atoms with van der Waals surface area (Å²) >= 11 is 0. The molecule has 34 heavy (non-hydrogen) atoms. The summed E-state index contributed by atoms with van der Waals surface area (Å²) in [6, 6.07) is 24.2. The number of carbonyl (C=O) groups is 1. The molecule has 6 nitrogen and oxygen atoms in total. The minimum Gasteiger partial charge on any atom is -0.494 e. The van der Waals surface area contributed by atoms with Gasteiger partial charge in [-0.2, -0.15) is 10.4 Å². The molecule has 0 bridgehead atoms. The van der Waals surface area contributed by atoms with Crippen molar-refractivity contribution in [2.75, 3.05) is 11.9 Å². The molecule has 0 radical (unpaired) electrons. The predicted molar refractivity (Wildman–Crippen MR) is 129 cm³/mol. The van der Waals surface area contributed by atoms with Gasteiger partial charge in [0.05, 0.1) is 18.0 Å². The summed E-state index contributed by atoms with van der Waals surface area (Å²) in [5, 5.41) is 17.1. The van der Waals surface area contributed by atoms with Gasteiger partial charge in [0, 0.05) is 23.0 Å². The molecule has 4 aromatic rings. The smallest absolute Gasteiger partial charge is 0.266 e. The molecule has 0 aliphatic rings. The topological polar surface area (TPSA) is 79.9 Å². The number of amides is 1. The first kappa shape index (κ1) is 22.5. The van der Waals surface area contributed by atoms with E-state index in [9.17, 15) is 14.4 Å². The van der Waals surface area contributed by atoms with Crippen LogP contribution in [0.1, 0.15) is 12.5 Å². The van der Waals surface area contributed by atoms with Crippen molar-refractivity contribution in [1.82, 2.24) is 9.78 Å². The Morgan fingerprint density at radius 1 is 1.09 bits per heavy atom. The number of benzene rings is 3. The zero-order valence-electron chi connectivity index (χ0n) is 18.4. The number of anilines is 1. The Kier molecular flexibility index (Phi) is 6.80. The second-order valence-corrected chi connectivity index (χ2v) is 7.30. The van der Waals surface area contributed by atoms with E-state index >= 15 is 0 Å². The molecule has 0 atom stereocenters. The molecular formula is C27H21FN4O2. The van der Waals surface area contributed by atoms with E-state index in [-0.39, 0.29) is 11.4 Å². The number of para-hydroxylation sites is 1. The summed E-state index contributed by atoms with van der Waals surface area (Å²) in [7, 11) is 0. The molecule has 0 fully saturated rings. The van der Waals surface area contributed by atoms with Gasteiger partial charge in [-0.05, 0) is 73.7 Å². The van der Waals surface area contributed by atoms with Crippen molar-refractivity contribution in [3.05, 3.63) is 102 Å². The molecule has 0 aliphatic heterocycles. The highest BCUT2D eigenvalue weighted by Gasteiger charge is 2.15. The Bertz CT molecular complexity index is 1350. The Hall–Kier alpha value is -4.70. The van der Waals surface area contributed by atoms with Crippen molar-refractivity contribution in [3.63, 3.8) is 0 Å². The van der Waals surface area contributed by atoms with Crippen LogP contribution in [-0.2, 0) is 4.79 Å². The SMILES string of the molecule is CCOc1ccc(NC(=O)/C(C#N)=C/c2cn(-c3ccccc3)nc2-c2ccc(F)cc2)cc1. The predicted octanol–water partition coefficient (Wildman–Crippen LogP) is 5.62. The maximum Gasteiger partial charge on any atom is 0.266 e. The van der Waals surface area contributed by atoms with Crippen LogP contribution in [0.3, 0.4) is 0 Å². The molecule has 1 amide bonds. The number of aromatic nitrogens is 2. The zero-order chi connectivity index (χ0) is 23.9. The van der Waals surface area contributed by atoms with E-state index in [1.165, 1.54) is 18.2 Å². The van der Waals surface area contributed by atoms with Crippen LogP contribution in [0.2, 0.25) is 0 Å². The first-order valence-corrected chi connectivity index (χ1v) is 10.6. The molecule has 4 rings (SSSR count). The molecule has 0 unspecified atom stereocenters. The van der Waals surface area contributed by atoms with Crippen molar-refractivity contribution in [2.45, 2.75) is 6.92 Å². The van der Waals surface area contributed by atoms with Crippen LogP contribution < -0.4 is 10.1 Å². The van der Waals surface area contributed by atoms with Gasteiger partial charge < -0.3 is 10.1 Å². The molecule has 0 aliphatic carbocycles. The van der Waals surface area contributed by atoms with Crippen LogP contribution in [-0.4, -0.2) is 22.3 Å². The lowest BCUT2D eigenvalue weighted by Gasteiger charge is -2.06. The van der Waals surface area contributed by atoms with Gasteiger partial charge in [-0.1, -0.05) is 18.2 Å². The maximum atomic E-state index is 13.5.